The Bertz CT molecular complexity index is 443. The predicted molar refractivity (Wildman–Crippen MR) is 88.7 cm³/mol. The molecule has 1 nitrogen and oxygen atoms in total. The van der Waals surface area contributed by atoms with E-state index in [2.05, 4.69) is 65.8 Å². The molecule has 0 spiro atoms. The first kappa shape index (κ1) is 16.8. The van der Waals surface area contributed by atoms with Crippen LogP contribution in [-0.2, 0) is 0 Å². The minimum Gasteiger partial charge on any atom is -0.493 e. The maximum absolute atomic E-state index is 6.09. The third kappa shape index (κ3) is 5.03. The molecular formula is C19H30O. The maximum Gasteiger partial charge on any atom is 0.125 e. The molecule has 0 aromatic heterocycles. The topological polar surface area (TPSA) is 9.23 Å². The SMILES string of the molecule is CC/C=C\CC(C)c1cc(C)cc(C)c1OCC(C)C. The van der Waals surface area contributed by atoms with Crippen molar-refractivity contribution in [1.29, 1.82) is 0 Å². The smallest absolute Gasteiger partial charge is 0.125 e. The molecule has 1 aromatic carbocycles. The quantitative estimate of drug-likeness (QED) is 0.571. The maximum atomic E-state index is 6.09. The van der Waals surface area contributed by atoms with E-state index in [1.807, 2.05) is 0 Å². The van der Waals surface area contributed by atoms with Gasteiger partial charge in [0.15, 0.2) is 0 Å². The molecule has 0 N–H and O–H groups in total. The van der Waals surface area contributed by atoms with Crippen molar-refractivity contribution < 1.29 is 4.74 Å². The lowest BCUT2D eigenvalue weighted by atomic mass is 9.93. The minimum atomic E-state index is 0.499. The summed E-state index contributed by atoms with van der Waals surface area (Å²) >= 11 is 0. The first-order valence-corrected chi connectivity index (χ1v) is 7.84. The third-order valence-corrected chi connectivity index (χ3v) is 3.43. The van der Waals surface area contributed by atoms with Crippen LogP contribution in [0.3, 0.4) is 0 Å². The van der Waals surface area contributed by atoms with Crippen molar-refractivity contribution in [2.45, 2.75) is 60.3 Å². The second-order valence-corrected chi connectivity index (χ2v) is 6.22. The highest BCUT2D eigenvalue weighted by Crippen LogP contribution is 2.33. The molecule has 1 heteroatoms. The molecule has 0 radical (unpaired) electrons. The van der Waals surface area contributed by atoms with E-state index in [1.54, 1.807) is 0 Å². The fourth-order valence-corrected chi connectivity index (χ4v) is 2.39. The van der Waals surface area contributed by atoms with E-state index >= 15 is 0 Å². The Balaban J connectivity index is 2.99. The predicted octanol–water partition coefficient (Wildman–Crippen LogP) is 5.80. The van der Waals surface area contributed by atoms with Crippen LogP contribution in [0.25, 0.3) is 0 Å². The molecule has 1 aromatic rings. The normalized spacial score (nSPS) is 13.2. The van der Waals surface area contributed by atoms with E-state index in [-0.39, 0.29) is 0 Å². The molecule has 0 amide bonds. The first-order valence-electron chi connectivity index (χ1n) is 7.84. The van der Waals surface area contributed by atoms with Crippen LogP contribution < -0.4 is 4.74 Å². The fourth-order valence-electron chi connectivity index (χ4n) is 2.39. The highest BCUT2D eigenvalue weighted by Gasteiger charge is 2.14. The summed E-state index contributed by atoms with van der Waals surface area (Å²) in [6.07, 6.45) is 6.72. The molecule has 1 atom stereocenters. The Morgan fingerprint density at radius 3 is 2.40 bits per heavy atom. The summed E-state index contributed by atoms with van der Waals surface area (Å²) in [6, 6.07) is 4.50. The Morgan fingerprint density at radius 1 is 1.10 bits per heavy atom. The summed E-state index contributed by atoms with van der Waals surface area (Å²) in [6.45, 7) is 13.9. The monoisotopic (exact) mass is 274 g/mol. The summed E-state index contributed by atoms with van der Waals surface area (Å²) in [4.78, 5) is 0. The molecule has 0 aliphatic rings. The highest BCUT2D eigenvalue weighted by molar-refractivity contribution is 5.45. The van der Waals surface area contributed by atoms with E-state index < -0.39 is 0 Å². The molecule has 0 heterocycles. The molecule has 1 rings (SSSR count). The van der Waals surface area contributed by atoms with Gasteiger partial charge in [0.2, 0.25) is 0 Å². The Labute approximate surface area is 125 Å². The number of rotatable bonds is 7. The molecule has 1 unspecified atom stereocenters. The number of hydrogen-bond donors (Lipinski definition) is 0. The van der Waals surface area contributed by atoms with Crippen LogP contribution in [0.4, 0.5) is 0 Å². The minimum absolute atomic E-state index is 0.499. The lowest BCUT2D eigenvalue weighted by Crippen LogP contribution is -2.09. The zero-order valence-electron chi connectivity index (χ0n) is 14.0. The van der Waals surface area contributed by atoms with Gasteiger partial charge >= 0.3 is 0 Å². The van der Waals surface area contributed by atoms with Crippen molar-refractivity contribution in [3.8, 4) is 5.75 Å². The molecule has 0 aliphatic carbocycles. The lowest BCUT2D eigenvalue weighted by Gasteiger charge is -2.20. The zero-order valence-corrected chi connectivity index (χ0v) is 14.0. The largest absolute Gasteiger partial charge is 0.493 e. The molecule has 0 saturated carbocycles. The van der Waals surface area contributed by atoms with Crippen molar-refractivity contribution >= 4 is 0 Å². The van der Waals surface area contributed by atoms with Gasteiger partial charge in [-0.15, -0.1) is 0 Å². The van der Waals surface area contributed by atoms with E-state index in [0.717, 1.165) is 25.2 Å². The van der Waals surface area contributed by atoms with Crippen LogP contribution >= 0.6 is 0 Å². The highest BCUT2D eigenvalue weighted by atomic mass is 16.5. The average Bonchev–Trinajstić information content (AvgIpc) is 2.36. The van der Waals surface area contributed by atoms with Gasteiger partial charge in [0.1, 0.15) is 5.75 Å². The number of ether oxygens (including phenoxy) is 1. The van der Waals surface area contributed by atoms with Gasteiger partial charge in [-0.05, 0) is 49.7 Å². The van der Waals surface area contributed by atoms with Crippen molar-refractivity contribution in [2.24, 2.45) is 5.92 Å². The van der Waals surface area contributed by atoms with Gasteiger partial charge < -0.3 is 4.74 Å². The lowest BCUT2D eigenvalue weighted by molar-refractivity contribution is 0.265. The molecule has 0 fully saturated rings. The first-order chi connectivity index (χ1) is 9.45. The van der Waals surface area contributed by atoms with Crippen LogP contribution in [-0.4, -0.2) is 6.61 Å². The molecular weight excluding hydrogens is 244 g/mol. The second kappa shape index (κ2) is 8.14. The fraction of sp³-hybridized carbons (Fsp3) is 0.579. The van der Waals surface area contributed by atoms with Crippen LogP contribution in [0.15, 0.2) is 24.3 Å². The van der Waals surface area contributed by atoms with Crippen LogP contribution in [0, 0.1) is 19.8 Å². The summed E-state index contributed by atoms with van der Waals surface area (Å²) in [5.41, 5.74) is 3.93. The van der Waals surface area contributed by atoms with Crippen LogP contribution in [0.5, 0.6) is 5.75 Å². The van der Waals surface area contributed by atoms with Gasteiger partial charge in [0.05, 0.1) is 6.61 Å². The van der Waals surface area contributed by atoms with Gasteiger partial charge in [-0.1, -0.05) is 57.5 Å². The molecule has 0 saturated heterocycles. The van der Waals surface area contributed by atoms with E-state index in [9.17, 15) is 0 Å². The molecule has 0 bridgehead atoms. The Morgan fingerprint density at radius 2 is 1.80 bits per heavy atom. The van der Waals surface area contributed by atoms with Crippen molar-refractivity contribution in [3.05, 3.63) is 41.0 Å². The van der Waals surface area contributed by atoms with Gasteiger partial charge in [-0.25, -0.2) is 0 Å². The van der Waals surface area contributed by atoms with Crippen molar-refractivity contribution in [2.75, 3.05) is 6.61 Å². The zero-order chi connectivity index (χ0) is 15.1. The van der Waals surface area contributed by atoms with E-state index in [1.165, 1.54) is 16.7 Å². The number of hydrogen-bond acceptors (Lipinski definition) is 1. The Kier molecular flexibility index (Phi) is 6.84. The molecule has 0 aliphatic heterocycles. The van der Waals surface area contributed by atoms with Crippen LogP contribution in [0.1, 0.15) is 63.1 Å². The summed E-state index contributed by atoms with van der Waals surface area (Å²) in [7, 11) is 0. The molecule has 112 valence electrons. The second-order valence-electron chi connectivity index (χ2n) is 6.22. The summed E-state index contributed by atoms with van der Waals surface area (Å²) < 4.78 is 6.09. The van der Waals surface area contributed by atoms with Crippen molar-refractivity contribution in [1.82, 2.24) is 0 Å². The van der Waals surface area contributed by atoms with E-state index in [4.69, 9.17) is 4.74 Å². The number of aryl methyl sites for hydroxylation is 2. The third-order valence-electron chi connectivity index (χ3n) is 3.43. The number of allylic oxidation sites excluding steroid dienone is 2. The van der Waals surface area contributed by atoms with E-state index in [0.29, 0.717) is 11.8 Å². The average molecular weight is 274 g/mol. The summed E-state index contributed by atoms with van der Waals surface area (Å²) in [5, 5.41) is 0. The van der Waals surface area contributed by atoms with Gasteiger partial charge in [-0.2, -0.15) is 0 Å². The molecule has 20 heavy (non-hydrogen) atoms. The summed E-state index contributed by atoms with van der Waals surface area (Å²) in [5.74, 6) is 2.15. The Hall–Kier alpha value is -1.24. The standard InChI is InChI=1S/C19H30O/c1-7-8-9-10-16(5)18-12-15(4)11-17(6)19(18)20-13-14(2)3/h8-9,11-12,14,16H,7,10,13H2,1-6H3/b9-8-. The van der Waals surface area contributed by atoms with Gasteiger partial charge in [-0.3, -0.25) is 0 Å². The van der Waals surface area contributed by atoms with Crippen LogP contribution in [0.2, 0.25) is 0 Å². The van der Waals surface area contributed by atoms with Crippen molar-refractivity contribution in [3.63, 3.8) is 0 Å². The van der Waals surface area contributed by atoms with Gasteiger partial charge in [0, 0.05) is 0 Å². The van der Waals surface area contributed by atoms with Gasteiger partial charge in [0.25, 0.3) is 0 Å². The number of benzene rings is 1.